The average molecular weight is 234 g/mol. The molecule has 2 rings (SSSR count). The highest BCUT2D eigenvalue weighted by Gasteiger charge is 2.25. The number of aliphatic carboxylic acids is 1. The molecule has 17 heavy (non-hydrogen) atoms. The summed E-state index contributed by atoms with van der Waals surface area (Å²) in [5.41, 5.74) is 9.36. The highest BCUT2D eigenvalue weighted by Crippen LogP contribution is 2.26. The fourth-order valence-electron chi connectivity index (χ4n) is 2.48. The summed E-state index contributed by atoms with van der Waals surface area (Å²) in [7, 11) is 1.74. The first-order valence-electron chi connectivity index (χ1n) is 5.91. The van der Waals surface area contributed by atoms with Crippen LogP contribution in [0.4, 0.5) is 0 Å². The third kappa shape index (κ3) is 2.33. The minimum atomic E-state index is -0.982. The smallest absolute Gasteiger partial charge is 0.322 e. The normalized spacial score (nSPS) is 17.5. The van der Waals surface area contributed by atoms with Crippen LogP contribution < -0.4 is 11.1 Å². The van der Waals surface area contributed by atoms with Gasteiger partial charge in [-0.15, -0.1) is 0 Å². The summed E-state index contributed by atoms with van der Waals surface area (Å²) in [6.45, 7) is 0. The second-order valence-corrected chi connectivity index (χ2v) is 4.51. The van der Waals surface area contributed by atoms with Crippen molar-refractivity contribution in [2.24, 2.45) is 5.73 Å². The van der Waals surface area contributed by atoms with Crippen LogP contribution in [0.25, 0.3) is 0 Å². The largest absolute Gasteiger partial charge is 0.480 e. The van der Waals surface area contributed by atoms with Crippen LogP contribution >= 0.6 is 0 Å². The number of carboxylic acid groups (broad SMARTS) is 1. The third-order valence-electron chi connectivity index (χ3n) is 3.44. The lowest BCUT2D eigenvalue weighted by Gasteiger charge is -2.21. The second kappa shape index (κ2) is 4.85. The topological polar surface area (TPSA) is 75.3 Å². The SMILES string of the molecule is CNC(c1ccc2c(c1)CCC2)C(N)C(=O)O. The fraction of sp³-hybridized carbons (Fsp3) is 0.462. The Bertz CT molecular complexity index is 431. The number of hydrogen-bond acceptors (Lipinski definition) is 3. The maximum Gasteiger partial charge on any atom is 0.322 e. The van der Waals surface area contributed by atoms with Gasteiger partial charge >= 0.3 is 5.97 Å². The Morgan fingerprint density at radius 2 is 2.12 bits per heavy atom. The van der Waals surface area contributed by atoms with Crippen LogP contribution in [0.15, 0.2) is 18.2 Å². The molecule has 0 aliphatic heterocycles. The molecule has 1 aromatic rings. The molecular weight excluding hydrogens is 216 g/mol. The quantitative estimate of drug-likeness (QED) is 0.722. The van der Waals surface area contributed by atoms with Crippen LogP contribution in [0.3, 0.4) is 0 Å². The molecule has 4 N–H and O–H groups in total. The zero-order valence-corrected chi connectivity index (χ0v) is 9.94. The summed E-state index contributed by atoms with van der Waals surface area (Å²) >= 11 is 0. The van der Waals surface area contributed by atoms with Crippen molar-refractivity contribution in [3.63, 3.8) is 0 Å². The van der Waals surface area contributed by atoms with Crippen LogP contribution in [0, 0.1) is 0 Å². The molecule has 0 heterocycles. The van der Waals surface area contributed by atoms with Crippen molar-refractivity contribution >= 4 is 5.97 Å². The standard InChI is InChI=1S/C13H18N2O2/c1-15-12(11(14)13(16)17)10-6-5-8-3-2-4-9(8)7-10/h5-7,11-12,15H,2-4,14H2,1H3,(H,16,17). The van der Waals surface area contributed by atoms with E-state index in [0.29, 0.717) is 0 Å². The van der Waals surface area contributed by atoms with Crippen molar-refractivity contribution in [2.45, 2.75) is 31.3 Å². The van der Waals surface area contributed by atoms with E-state index in [1.165, 1.54) is 17.5 Å². The molecule has 0 fully saturated rings. The second-order valence-electron chi connectivity index (χ2n) is 4.51. The first-order valence-corrected chi connectivity index (χ1v) is 5.91. The summed E-state index contributed by atoms with van der Waals surface area (Å²) in [6, 6.07) is 4.91. The van der Waals surface area contributed by atoms with Gasteiger partial charge in [-0.2, -0.15) is 0 Å². The summed E-state index contributed by atoms with van der Waals surface area (Å²) in [5, 5.41) is 12.0. The molecule has 0 bridgehead atoms. The number of benzene rings is 1. The molecule has 2 atom stereocenters. The molecule has 4 nitrogen and oxygen atoms in total. The van der Waals surface area contributed by atoms with E-state index in [1.54, 1.807) is 7.05 Å². The predicted molar refractivity (Wildman–Crippen MR) is 65.9 cm³/mol. The van der Waals surface area contributed by atoms with Gasteiger partial charge in [0.2, 0.25) is 0 Å². The van der Waals surface area contributed by atoms with Gasteiger partial charge in [0.15, 0.2) is 0 Å². The molecule has 2 unspecified atom stereocenters. The zero-order valence-electron chi connectivity index (χ0n) is 9.94. The van der Waals surface area contributed by atoms with Gasteiger partial charge in [0.25, 0.3) is 0 Å². The summed E-state index contributed by atoms with van der Waals surface area (Å²) < 4.78 is 0. The van der Waals surface area contributed by atoms with Crippen LogP contribution in [-0.2, 0) is 17.6 Å². The monoisotopic (exact) mass is 234 g/mol. The number of aryl methyl sites for hydroxylation is 2. The lowest BCUT2D eigenvalue weighted by Crippen LogP contribution is -2.42. The number of rotatable bonds is 4. The van der Waals surface area contributed by atoms with Crippen molar-refractivity contribution in [3.8, 4) is 0 Å². The third-order valence-corrected chi connectivity index (χ3v) is 3.44. The molecule has 0 amide bonds. The number of hydrogen-bond donors (Lipinski definition) is 3. The molecule has 1 aromatic carbocycles. The maximum atomic E-state index is 10.9. The van der Waals surface area contributed by atoms with Crippen molar-refractivity contribution in [1.29, 1.82) is 0 Å². The molecule has 4 heteroatoms. The first-order chi connectivity index (χ1) is 8.13. The minimum Gasteiger partial charge on any atom is -0.480 e. The Labute approximate surface area is 101 Å². The fourth-order valence-corrected chi connectivity index (χ4v) is 2.48. The molecule has 1 aliphatic carbocycles. The molecule has 0 saturated heterocycles. The van der Waals surface area contributed by atoms with Gasteiger partial charge in [0, 0.05) is 0 Å². The van der Waals surface area contributed by atoms with Crippen LogP contribution in [0.5, 0.6) is 0 Å². The van der Waals surface area contributed by atoms with E-state index in [4.69, 9.17) is 10.8 Å². The lowest BCUT2D eigenvalue weighted by atomic mass is 9.96. The Balaban J connectivity index is 2.28. The number of nitrogens with two attached hydrogens (primary N) is 1. The van der Waals surface area contributed by atoms with Crippen LogP contribution in [0.1, 0.15) is 29.2 Å². The zero-order chi connectivity index (χ0) is 12.4. The number of fused-ring (bicyclic) bond motifs is 1. The van der Waals surface area contributed by atoms with Crippen molar-refractivity contribution < 1.29 is 9.90 Å². The maximum absolute atomic E-state index is 10.9. The predicted octanol–water partition coefficient (Wildman–Crippen LogP) is 0.848. The van der Waals surface area contributed by atoms with E-state index in [2.05, 4.69) is 17.4 Å². The first kappa shape index (κ1) is 12.1. The number of carbonyl (C=O) groups is 1. The van der Waals surface area contributed by atoms with Crippen LogP contribution in [0.2, 0.25) is 0 Å². The molecule has 1 aliphatic rings. The van der Waals surface area contributed by atoms with Gasteiger partial charge < -0.3 is 16.2 Å². The van der Waals surface area contributed by atoms with E-state index in [9.17, 15) is 4.79 Å². The Morgan fingerprint density at radius 3 is 2.76 bits per heavy atom. The summed E-state index contributed by atoms with van der Waals surface area (Å²) in [6.07, 6.45) is 3.40. The Morgan fingerprint density at radius 1 is 1.41 bits per heavy atom. The van der Waals surface area contributed by atoms with Crippen molar-refractivity contribution in [3.05, 3.63) is 34.9 Å². The van der Waals surface area contributed by atoms with Crippen molar-refractivity contribution in [2.75, 3.05) is 7.05 Å². The van der Waals surface area contributed by atoms with Crippen LogP contribution in [-0.4, -0.2) is 24.2 Å². The van der Waals surface area contributed by atoms with Gasteiger partial charge in [-0.25, -0.2) is 0 Å². The molecule has 0 spiro atoms. The average Bonchev–Trinajstić information content (AvgIpc) is 2.77. The Hall–Kier alpha value is -1.39. The highest BCUT2D eigenvalue weighted by molar-refractivity contribution is 5.74. The van der Waals surface area contributed by atoms with Gasteiger partial charge in [-0.1, -0.05) is 18.2 Å². The van der Waals surface area contributed by atoms with E-state index in [-0.39, 0.29) is 6.04 Å². The molecule has 0 saturated carbocycles. The molecule has 0 radical (unpaired) electrons. The van der Waals surface area contributed by atoms with E-state index >= 15 is 0 Å². The number of likely N-dealkylation sites (N-methyl/N-ethyl adjacent to an activating group) is 1. The van der Waals surface area contributed by atoms with E-state index < -0.39 is 12.0 Å². The number of nitrogens with one attached hydrogen (secondary N) is 1. The van der Waals surface area contributed by atoms with Gasteiger partial charge in [0.05, 0.1) is 6.04 Å². The van der Waals surface area contributed by atoms with Gasteiger partial charge in [-0.3, -0.25) is 4.79 Å². The molecule has 92 valence electrons. The van der Waals surface area contributed by atoms with Crippen molar-refractivity contribution in [1.82, 2.24) is 5.32 Å². The van der Waals surface area contributed by atoms with E-state index in [0.717, 1.165) is 18.4 Å². The van der Waals surface area contributed by atoms with Gasteiger partial charge in [-0.05, 0) is 43.0 Å². The minimum absolute atomic E-state index is 0.335. The lowest BCUT2D eigenvalue weighted by molar-refractivity contribution is -0.139. The summed E-state index contributed by atoms with van der Waals surface area (Å²) in [5.74, 6) is -0.982. The Kier molecular flexibility index (Phi) is 3.45. The molecule has 0 aromatic heterocycles. The highest BCUT2D eigenvalue weighted by atomic mass is 16.4. The van der Waals surface area contributed by atoms with E-state index in [1.807, 2.05) is 6.07 Å². The molecular formula is C13H18N2O2. The summed E-state index contributed by atoms with van der Waals surface area (Å²) in [4.78, 5) is 10.9. The van der Waals surface area contributed by atoms with Gasteiger partial charge in [0.1, 0.15) is 6.04 Å². The number of carboxylic acids is 1.